The normalized spacial score (nSPS) is 10.7. The molecule has 0 aliphatic rings. The van der Waals surface area contributed by atoms with Crippen molar-refractivity contribution in [2.24, 2.45) is 0 Å². The second-order valence-electron chi connectivity index (χ2n) is 5.14. The highest BCUT2D eigenvalue weighted by atomic mass is 19.1. The van der Waals surface area contributed by atoms with Crippen LogP contribution in [0, 0.1) is 15.9 Å². The molecule has 0 aromatic heterocycles. The van der Waals surface area contributed by atoms with E-state index in [1.807, 2.05) is 24.3 Å². The molecule has 0 amide bonds. The molecular formula is C16H17FN2O2. The number of para-hydroxylation sites is 1. The number of rotatable bonds is 5. The Morgan fingerprint density at radius 2 is 1.95 bits per heavy atom. The minimum Gasteiger partial charge on any atom is -0.381 e. The van der Waals surface area contributed by atoms with Crippen LogP contribution in [0.2, 0.25) is 0 Å². The van der Waals surface area contributed by atoms with Crippen LogP contribution in [-0.4, -0.2) is 4.92 Å². The second-order valence-corrected chi connectivity index (χ2v) is 5.14. The Balaban J connectivity index is 2.14. The highest BCUT2D eigenvalue weighted by Gasteiger charge is 2.13. The first kappa shape index (κ1) is 15.0. The number of anilines is 1. The zero-order valence-electron chi connectivity index (χ0n) is 12.0. The quantitative estimate of drug-likeness (QED) is 0.652. The van der Waals surface area contributed by atoms with E-state index < -0.39 is 16.4 Å². The molecule has 0 fully saturated rings. The van der Waals surface area contributed by atoms with Crippen LogP contribution in [0.5, 0.6) is 0 Å². The van der Waals surface area contributed by atoms with Gasteiger partial charge in [-0.3, -0.25) is 10.1 Å². The van der Waals surface area contributed by atoms with E-state index in [9.17, 15) is 14.5 Å². The van der Waals surface area contributed by atoms with Crippen LogP contribution in [0.25, 0.3) is 0 Å². The number of nitrogens with one attached hydrogen (secondary N) is 1. The van der Waals surface area contributed by atoms with Crippen molar-refractivity contribution in [3.63, 3.8) is 0 Å². The van der Waals surface area contributed by atoms with Crippen molar-refractivity contribution in [3.8, 4) is 0 Å². The van der Waals surface area contributed by atoms with Gasteiger partial charge in [-0.2, -0.15) is 4.39 Å². The predicted octanol–water partition coefficient (Wildman–Crippen LogP) is 4.47. The molecule has 1 N–H and O–H groups in total. The van der Waals surface area contributed by atoms with Gasteiger partial charge in [0, 0.05) is 18.3 Å². The Kier molecular flexibility index (Phi) is 4.52. The van der Waals surface area contributed by atoms with Crippen LogP contribution in [-0.2, 0) is 6.54 Å². The largest absolute Gasteiger partial charge is 0.381 e. The average Bonchev–Trinajstić information content (AvgIpc) is 2.45. The van der Waals surface area contributed by atoms with Crippen molar-refractivity contribution >= 4 is 11.4 Å². The van der Waals surface area contributed by atoms with Gasteiger partial charge in [0.05, 0.1) is 4.92 Å². The summed E-state index contributed by atoms with van der Waals surface area (Å²) in [6, 6.07) is 11.9. The molecule has 2 rings (SSSR count). The summed E-state index contributed by atoms with van der Waals surface area (Å²) in [5.74, 6) is -0.432. The van der Waals surface area contributed by atoms with Gasteiger partial charge >= 0.3 is 5.69 Å². The molecule has 0 saturated heterocycles. The molecule has 0 spiro atoms. The summed E-state index contributed by atoms with van der Waals surface area (Å²) in [5, 5.41) is 13.8. The van der Waals surface area contributed by atoms with E-state index in [0.29, 0.717) is 18.0 Å². The molecule has 4 nitrogen and oxygen atoms in total. The van der Waals surface area contributed by atoms with E-state index in [0.717, 1.165) is 5.69 Å². The van der Waals surface area contributed by atoms with Gasteiger partial charge in [-0.1, -0.05) is 38.1 Å². The molecular weight excluding hydrogens is 271 g/mol. The second kappa shape index (κ2) is 6.35. The first-order valence-corrected chi connectivity index (χ1v) is 6.74. The summed E-state index contributed by atoms with van der Waals surface area (Å²) < 4.78 is 13.6. The Bertz CT molecular complexity index is 656. The van der Waals surface area contributed by atoms with Crippen molar-refractivity contribution in [2.75, 3.05) is 5.32 Å². The molecule has 0 atom stereocenters. The van der Waals surface area contributed by atoms with Crippen molar-refractivity contribution in [1.82, 2.24) is 0 Å². The molecule has 110 valence electrons. The number of halogens is 1. The highest BCUT2D eigenvalue weighted by molar-refractivity contribution is 5.53. The predicted molar refractivity (Wildman–Crippen MR) is 80.9 cm³/mol. The first-order chi connectivity index (χ1) is 9.99. The van der Waals surface area contributed by atoms with Crippen LogP contribution in [0.15, 0.2) is 42.5 Å². The highest BCUT2D eigenvalue weighted by Crippen LogP contribution is 2.25. The topological polar surface area (TPSA) is 55.2 Å². The third-order valence-corrected chi connectivity index (χ3v) is 3.27. The van der Waals surface area contributed by atoms with E-state index in [1.165, 1.54) is 17.7 Å². The third-order valence-electron chi connectivity index (χ3n) is 3.27. The Morgan fingerprint density at radius 3 is 2.57 bits per heavy atom. The first-order valence-electron chi connectivity index (χ1n) is 6.74. The molecule has 0 aliphatic heterocycles. The lowest BCUT2D eigenvalue weighted by Crippen LogP contribution is -2.04. The summed E-state index contributed by atoms with van der Waals surface area (Å²) in [6.07, 6.45) is 0. The van der Waals surface area contributed by atoms with Gasteiger partial charge in [-0.25, -0.2) is 0 Å². The van der Waals surface area contributed by atoms with E-state index in [4.69, 9.17) is 0 Å². The summed E-state index contributed by atoms with van der Waals surface area (Å²) >= 11 is 0. The lowest BCUT2D eigenvalue weighted by atomic mass is 10.0. The number of nitrogens with zero attached hydrogens (tertiary/aromatic N) is 1. The molecule has 2 aromatic carbocycles. The van der Waals surface area contributed by atoms with Gasteiger partial charge < -0.3 is 5.32 Å². The smallest absolute Gasteiger partial charge is 0.304 e. The molecule has 0 bridgehead atoms. The lowest BCUT2D eigenvalue weighted by molar-refractivity contribution is -0.387. The fourth-order valence-electron chi connectivity index (χ4n) is 2.17. The molecule has 2 aromatic rings. The number of nitro benzene ring substituents is 1. The van der Waals surface area contributed by atoms with Gasteiger partial charge in [0.1, 0.15) is 0 Å². The SMILES string of the molecule is CC(C)c1ccccc1NCc1ccc([N+](=O)[O-])c(F)c1. The van der Waals surface area contributed by atoms with Crippen molar-refractivity contribution in [3.05, 3.63) is 69.5 Å². The fraction of sp³-hybridized carbons (Fsp3) is 0.250. The van der Waals surface area contributed by atoms with Crippen LogP contribution < -0.4 is 5.32 Å². The van der Waals surface area contributed by atoms with Crippen molar-refractivity contribution in [2.45, 2.75) is 26.3 Å². The standard InChI is InChI=1S/C16H17FN2O2/c1-11(2)13-5-3-4-6-15(13)18-10-12-7-8-16(19(20)21)14(17)9-12/h3-9,11,18H,10H2,1-2H3. The van der Waals surface area contributed by atoms with E-state index in [2.05, 4.69) is 19.2 Å². The molecule has 0 aliphatic carbocycles. The zero-order chi connectivity index (χ0) is 15.4. The Morgan fingerprint density at radius 1 is 1.24 bits per heavy atom. The zero-order valence-corrected chi connectivity index (χ0v) is 12.0. The lowest BCUT2D eigenvalue weighted by Gasteiger charge is -2.14. The van der Waals surface area contributed by atoms with Crippen LogP contribution in [0.1, 0.15) is 30.9 Å². The minimum absolute atomic E-state index is 0.377. The van der Waals surface area contributed by atoms with Gasteiger partial charge in [-0.05, 0) is 29.2 Å². The third kappa shape index (κ3) is 3.56. The van der Waals surface area contributed by atoms with E-state index >= 15 is 0 Å². The Labute approximate surface area is 122 Å². The van der Waals surface area contributed by atoms with Crippen LogP contribution in [0.4, 0.5) is 15.8 Å². The fourth-order valence-corrected chi connectivity index (χ4v) is 2.17. The van der Waals surface area contributed by atoms with Gasteiger partial charge in [0.25, 0.3) is 0 Å². The van der Waals surface area contributed by atoms with Gasteiger partial charge in [0.15, 0.2) is 0 Å². The van der Waals surface area contributed by atoms with Gasteiger partial charge in [0.2, 0.25) is 5.82 Å². The molecule has 0 radical (unpaired) electrons. The molecule has 5 heteroatoms. The molecule has 0 saturated carbocycles. The maximum absolute atomic E-state index is 13.6. The summed E-state index contributed by atoms with van der Waals surface area (Å²) in [7, 11) is 0. The van der Waals surface area contributed by atoms with Crippen LogP contribution in [0.3, 0.4) is 0 Å². The van der Waals surface area contributed by atoms with Gasteiger partial charge in [-0.15, -0.1) is 0 Å². The van der Waals surface area contributed by atoms with Crippen molar-refractivity contribution in [1.29, 1.82) is 0 Å². The average molecular weight is 288 g/mol. The summed E-state index contributed by atoms with van der Waals surface area (Å²) in [5.41, 5.74) is 2.34. The van der Waals surface area contributed by atoms with E-state index in [-0.39, 0.29) is 0 Å². The number of hydrogen-bond acceptors (Lipinski definition) is 3. The summed E-state index contributed by atoms with van der Waals surface area (Å²) in [6.45, 7) is 4.62. The number of benzene rings is 2. The van der Waals surface area contributed by atoms with Crippen LogP contribution >= 0.6 is 0 Å². The monoisotopic (exact) mass is 288 g/mol. The maximum atomic E-state index is 13.6. The molecule has 21 heavy (non-hydrogen) atoms. The number of nitro groups is 1. The van der Waals surface area contributed by atoms with E-state index in [1.54, 1.807) is 6.07 Å². The number of hydrogen-bond donors (Lipinski definition) is 1. The van der Waals surface area contributed by atoms with Crippen molar-refractivity contribution < 1.29 is 9.31 Å². The summed E-state index contributed by atoms with van der Waals surface area (Å²) in [4.78, 5) is 9.86. The minimum atomic E-state index is -0.809. The maximum Gasteiger partial charge on any atom is 0.304 e. The Hall–Kier alpha value is -2.43. The molecule has 0 heterocycles. The molecule has 0 unspecified atom stereocenters.